The number of halogens is 3. The van der Waals surface area contributed by atoms with Crippen LogP contribution in [0.15, 0.2) is 6.20 Å². The first kappa shape index (κ1) is 12.9. The van der Waals surface area contributed by atoms with Crippen LogP contribution in [0.4, 0.5) is 13.2 Å². The minimum absolute atomic E-state index is 0.376. The van der Waals surface area contributed by atoms with Gasteiger partial charge >= 0.3 is 6.18 Å². The van der Waals surface area contributed by atoms with Gasteiger partial charge in [0.2, 0.25) is 0 Å². The molecule has 0 radical (unpaired) electrons. The SMILES string of the molecule is COCCNCc1cn(CC(F)(F)F)nn1. The summed E-state index contributed by atoms with van der Waals surface area (Å²) in [5.74, 6) is 0. The molecule has 0 fully saturated rings. The smallest absolute Gasteiger partial charge is 0.383 e. The second-order valence-corrected chi connectivity index (χ2v) is 3.19. The molecule has 92 valence electrons. The molecule has 0 aliphatic rings. The van der Waals surface area contributed by atoms with E-state index < -0.39 is 12.7 Å². The Hall–Kier alpha value is -1.15. The highest BCUT2D eigenvalue weighted by molar-refractivity contribution is 4.91. The molecule has 16 heavy (non-hydrogen) atoms. The third-order valence-electron chi connectivity index (χ3n) is 1.72. The molecule has 1 aromatic heterocycles. The van der Waals surface area contributed by atoms with Crippen LogP contribution in [0.5, 0.6) is 0 Å². The maximum absolute atomic E-state index is 12.0. The summed E-state index contributed by atoms with van der Waals surface area (Å²) in [7, 11) is 1.57. The van der Waals surface area contributed by atoms with Gasteiger partial charge in [-0.05, 0) is 0 Å². The second-order valence-electron chi connectivity index (χ2n) is 3.19. The van der Waals surface area contributed by atoms with Crippen LogP contribution in [0.2, 0.25) is 0 Å². The van der Waals surface area contributed by atoms with E-state index in [9.17, 15) is 13.2 Å². The number of aromatic nitrogens is 3. The molecule has 0 aromatic carbocycles. The first-order valence-electron chi connectivity index (χ1n) is 4.66. The third kappa shape index (κ3) is 5.08. The Bertz CT molecular complexity index is 312. The zero-order valence-electron chi connectivity index (χ0n) is 8.79. The molecule has 1 N–H and O–H groups in total. The number of methoxy groups -OCH3 is 1. The quantitative estimate of drug-likeness (QED) is 0.736. The molecule has 8 heteroatoms. The van der Waals surface area contributed by atoms with Crippen molar-refractivity contribution < 1.29 is 17.9 Å². The van der Waals surface area contributed by atoms with Gasteiger partial charge in [-0.3, -0.25) is 0 Å². The van der Waals surface area contributed by atoms with Crippen molar-refractivity contribution in [2.45, 2.75) is 19.3 Å². The summed E-state index contributed by atoms with van der Waals surface area (Å²) in [5.41, 5.74) is 0.473. The zero-order valence-corrected chi connectivity index (χ0v) is 8.79. The van der Waals surface area contributed by atoms with E-state index >= 15 is 0 Å². The van der Waals surface area contributed by atoms with Gasteiger partial charge in [-0.15, -0.1) is 5.10 Å². The number of alkyl halides is 3. The van der Waals surface area contributed by atoms with Crippen molar-refractivity contribution in [2.75, 3.05) is 20.3 Å². The molecule has 0 aliphatic carbocycles. The average Bonchev–Trinajstić information content (AvgIpc) is 2.58. The first-order chi connectivity index (χ1) is 7.51. The predicted octanol–water partition coefficient (Wildman–Crippen LogP) is 0.576. The molecular weight excluding hydrogens is 225 g/mol. The summed E-state index contributed by atoms with van der Waals surface area (Å²) in [4.78, 5) is 0. The number of ether oxygens (including phenoxy) is 1. The van der Waals surface area contributed by atoms with Gasteiger partial charge in [-0.2, -0.15) is 13.2 Å². The van der Waals surface area contributed by atoms with E-state index in [1.807, 2.05) is 0 Å². The van der Waals surface area contributed by atoms with Gasteiger partial charge in [0.25, 0.3) is 0 Å². The van der Waals surface area contributed by atoms with Gasteiger partial charge in [-0.1, -0.05) is 5.21 Å². The maximum Gasteiger partial charge on any atom is 0.408 e. The molecule has 0 amide bonds. The molecule has 0 atom stereocenters. The first-order valence-corrected chi connectivity index (χ1v) is 4.66. The van der Waals surface area contributed by atoms with Crippen LogP contribution in [-0.4, -0.2) is 41.4 Å². The normalized spacial score (nSPS) is 12.0. The lowest BCUT2D eigenvalue weighted by Crippen LogP contribution is -2.19. The lowest BCUT2D eigenvalue weighted by Gasteiger charge is -2.04. The lowest BCUT2D eigenvalue weighted by atomic mass is 10.4. The molecule has 0 unspecified atom stereocenters. The van der Waals surface area contributed by atoms with Crippen molar-refractivity contribution in [1.82, 2.24) is 20.3 Å². The zero-order chi connectivity index (χ0) is 12.0. The van der Waals surface area contributed by atoms with Crippen LogP contribution < -0.4 is 5.32 Å². The van der Waals surface area contributed by atoms with Crippen LogP contribution in [0.3, 0.4) is 0 Å². The summed E-state index contributed by atoms with van der Waals surface area (Å²) in [6.45, 7) is 0.415. The average molecular weight is 238 g/mol. The Balaban J connectivity index is 2.34. The maximum atomic E-state index is 12.0. The Morgan fingerprint density at radius 2 is 2.25 bits per heavy atom. The van der Waals surface area contributed by atoms with Crippen molar-refractivity contribution in [1.29, 1.82) is 0 Å². The molecule has 0 bridgehead atoms. The summed E-state index contributed by atoms with van der Waals surface area (Å²) in [6, 6.07) is 0. The van der Waals surface area contributed by atoms with E-state index in [4.69, 9.17) is 4.74 Å². The van der Waals surface area contributed by atoms with Crippen molar-refractivity contribution in [3.05, 3.63) is 11.9 Å². The number of nitrogens with one attached hydrogen (secondary N) is 1. The molecule has 1 heterocycles. The fraction of sp³-hybridized carbons (Fsp3) is 0.750. The minimum atomic E-state index is -4.27. The lowest BCUT2D eigenvalue weighted by molar-refractivity contribution is -0.142. The molecule has 1 aromatic rings. The highest BCUT2D eigenvalue weighted by Crippen LogP contribution is 2.16. The highest BCUT2D eigenvalue weighted by atomic mass is 19.4. The summed E-state index contributed by atoms with van der Waals surface area (Å²) >= 11 is 0. The summed E-state index contributed by atoms with van der Waals surface area (Å²) in [6.07, 6.45) is -3.00. The van der Waals surface area contributed by atoms with Crippen LogP contribution in [0.1, 0.15) is 5.69 Å². The molecular formula is C8H13F3N4O. The monoisotopic (exact) mass is 238 g/mol. The van der Waals surface area contributed by atoms with Gasteiger partial charge in [0.05, 0.1) is 18.5 Å². The molecule has 0 aliphatic heterocycles. The topological polar surface area (TPSA) is 52.0 Å². The minimum Gasteiger partial charge on any atom is -0.383 e. The second kappa shape index (κ2) is 5.80. The molecule has 0 saturated carbocycles. The van der Waals surface area contributed by atoms with Crippen LogP contribution >= 0.6 is 0 Å². The third-order valence-corrected chi connectivity index (χ3v) is 1.72. The van der Waals surface area contributed by atoms with E-state index in [0.717, 1.165) is 4.68 Å². The van der Waals surface area contributed by atoms with Crippen LogP contribution in [0, 0.1) is 0 Å². The molecule has 0 saturated heterocycles. The molecule has 5 nitrogen and oxygen atoms in total. The van der Waals surface area contributed by atoms with E-state index in [1.54, 1.807) is 7.11 Å². The molecule has 0 spiro atoms. The van der Waals surface area contributed by atoms with E-state index in [2.05, 4.69) is 15.6 Å². The number of hydrogen-bond donors (Lipinski definition) is 1. The predicted molar refractivity (Wildman–Crippen MR) is 49.7 cm³/mol. The van der Waals surface area contributed by atoms with Gasteiger partial charge in [0.15, 0.2) is 0 Å². The number of nitrogens with zero attached hydrogens (tertiary/aromatic N) is 3. The van der Waals surface area contributed by atoms with Gasteiger partial charge in [-0.25, -0.2) is 4.68 Å². The Morgan fingerprint density at radius 1 is 1.50 bits per heavy atom. The fourth-order valence-electron chi connectivity index (χ4n) is 1.07. The van der Waals surface area contributed by atoms with E-state index in [1.165, 1.54) is 6.20 Å². The Morgan fingerprint density at radius 3 is 2.88 bits per heavy atom. The van der Waals surface area contributed by atoms with Gasteiger partial charge < -0.3 is 10.1 Å². The standard InChI is InChI=1S/C8H13F3N4O/c1-16-3-2-12-4-7-5-15(14-13-7)6-8(9,10)11/h5,12H,2-4,6H2,1H3. The summed E-state index contributed by atoms with van der Waals surface area (Å²) < 4.78 is 41.5. The van der Waals surface area contributed by atoms with Gasteiger partial charge in [0.1, 0.15) is 6.54 Å². The largest absolute Gasteiger partial charge is 0.408 e. The van der Waals surface area contributed by atoms with E-state index in [-0.39, 0.29) is 0 Å². The summed E-state index contributed by atoms with van der Waals surface area (Å²) in [5, 5.41) is 9.94. The van der Waals surface area contributed by atoms with Crippen molar-refractivity contribution >= 4 is 0 Å². The Kier molecular flexibility index (Phi) is 4.69. The molecule has 1 rings (SSSR count). The van der Waals surface area contributed by atoms with Crippen molar-refractivity contribution in [2.24, 2.45) is 0 Å². The number of hydrogen-bond acceptors (Lipinski definition) is 4. The van der Waals surface area contributed by atoms with Crippen LogP contribution in [0.25, 0.3) is 0 Å². The van der Waals surface area contributed by atoms with E-state index in [0.29, 0.717) is 25.4 Å². The Labute approximate surface area is 90.6 Å². The van der Waals surface area contributed by atoms with Crippen LogP contribution in [-0.2, 0) is 17.8 Å². The van der Waals surface area contributed by atoms with Crippen molar-refractivity contribution in [3.8, 4) is 0 Å². The highest BCUT2D eigenvalue weighted by Gasteiger charge is 2.28. The fourth-order valence-corrected chi connectivity index (χ4v) is 1.07. The van der Waals surface area contributed by atoms with Gasteiger partial charge in [0, 0.05) is 20.2 Å². The number of rotatable bonds is 6. The van der Waals surface area contributed by atoms with Crippen molar-refractivity contribution in [3.63, 3.8) is 0 Å².